The van der Waals surface area contributed by atoms with Crippen molar-refractivity contribution in [1.29, 1.82) is 0 Å². The van der Waals surface area contributed by atoms with Gasteiger partial charge in [0, 0.05) is 38.4 Å². The first-order chi connectivity index (χ1) is 17.4. The maximum atomic E-state index is 13.9. The number of aromatic nitrogens is 1. The predicted molar refractivity (Wildman–Crippen MR) is 128 cm³/mol. The van der Waals surface area contributed by atoms with Crippen LogP contribution in [0.25, 0.3) is 0 Å². The molecule has 0 unspecified atom stereocenters. The van der Waals surface area contributed by atoms with Gasteiger partial charge in [-0.3, -0.25) is 19.3 Å². The summed E-state index contributed by atoms with van der Waals surface area (Å²) in [5, 5.41) is 3.00. The Hall–Kier alpha value is -3.53. The number of ether oxygens (including phenoxy) is 1. The number of halogens is 1. The summed E-state index contributed by atoms with van der Waals surface area (Å²) in [5.41, 5.74) is -0.324. The lowest BCUT2D eigenvalue weighted by atomic mass is 9.73. The van der Waals surface area contributed by atoms with E-state index in [1.165, 1.54) is 35.4 Å². The van der Waals surface area contributed by atoms with Crippen molar-refractivity contribution in [2.75, 3.05) is 26.2 Å². The Morgan fingerprint density at radius 2 is 1.81 bits per heavy atom. The monoisotopic (exact) mass is 496 g/mol. The molecule has 4 amide bonds. The first-order valence-electron chi connectivity index (χ1n) is 12.3. The number of nitrogens with one attached hydrogen (secondary N) is 2. The van der Waals surface area contributed by atoms with Gasteiger partial charge in [-0.2, -0.15) is 0 Å². The van der Waals surface area contributed by atoms with Gasteiger partial charge in [-0.25, -0.2) is 9.18 Å². The van der Waals surface area contributed by atoms with E-state index in [1.807, 2.05) is 0 Å². The van der Waals surface area contributed by atoms with Gasteiger partial charge < -0.3 is 19.9 Å². The number of aromatic amines is 1. The molecule has 1 aromatic heterocycles. The van der Waals surface area contributed by atoms with E-state index in [-0.39, 0.29) is 48.2 Å². The minimum absolute atomic E-state index is 0.168. The van der Waals surface area contributed by atoms with Crippen LogP contribution in [0.5, 0.6) is 0 Å². The van der Waals surface area contributed by atoms with Gasteiger partial charge in [-0.1, -0.05) is 12.1 Å². The Bertz CT molecular complexity index is 1180. The molecule has 4 heterocycles. The fourth-order valence-corrected chi connectivity index (χ4v) is 5.57. The Morgan fingerprint density at radius 3 is 2.44 bits per heavy atom. The van der Waals surface area contributed by atoms with Gasteiger partial charge in [-0.15, -0.1) is 0 Å². The van der Waals surface area contributed by atoms with Gasteiger partial charge in [0.15, 0.2) is 0 Å². The van der Waals surface area contributed by atoms with Crippen LogP contribution in [0.2, 0.25) is 0 Å². The Balaban J connectivity index is 1.36. The molecule has 0 aliphatic carbocycles. The van der Waals surface area contributed by atoms with E-state index < -0.39 is 11.6 Å². The number of amides is 4. The van der Waals surface area contributed by atoms with Gasteiger partial charge >= 0.3 is 6.03 Å². The first kappa shape index (κ1) is 24.2. The summed E-state index contributed by atoms with van der Waals surface area (Å²) in [4.78, 5) is 56.6. The zero-order chi connectivity index (χ0) is 25.3. The number of benzene rings is 1. The van der Waals surface area contributed by atoms with Crippen LogP contribution < -0.4 is 10.9 Å². The number of nitrogens with zero attached hydrogens (tertiary/aromatic N) is 2. The van der Waals surface area contributed by atoms with E-state index in [0.29, 0.717) is 38.1 Å². The molecule has 2 aromatic rings. The number of hydrogen-bond donors (Lipinski definition) is 2. The molecule has 3 aliphatic heterocycles. The van der Waals surface area contributed by atoms with Crippen LogP contribution in [0.15, 0.2) is 47.4 Å². The summed E-state index contributed by atoms with van der Waals surface area (Å²) < 4.78 is 19.2. The second-order valence-corrected chi connectivity index (χ2v) is 9.76. The zero-order valence-corrected chi connectivity index (χ0v) is 19.9. The van der Waals surface area contributed by atoms with E-state index in [9.17, 15) is 23.6 Å². The van der Waals surface area contributed by atoms with Gasteiger partial charge in [-0.05, 0) is 55.4 Å². The normalized spacial score (nSPS) is 24.9. The van der Waals surface area contributed by atoms with Gasteiger partial charge in [0.25, 0.3) is 11.8 Å². The molecule has 2 N–H and O–H groups in total. The van der Waals surface area contributed by atoms with Gasteiger partial charge in [0.2, 0.25) is 5.56 Å². The molecule has 1 aromatic carbocycles. The van der Waals surface area contributed by atoms with E-state index in [1.54, 1.807) is 17.0 Å². The Morgan fingerprint density at radius 1 is 1.06 bits per heavy atom. The summed E-state index contributed by atoms with van der Waals surface area (Å²) in [6, 6.07) is 8.33. The summed E-state index contributed by atoms with van der Waals surface area (Å²) >= 11 is 0. The molecule has 0 saturated carbocycles. The molecule has 0 spiro atoms. The molecule has 3 saturated heterocycles. The van der Waals surface area contributed by atoms with Gasteiger partial charge in [0.05, 0.1) is 18.2 Å². The molecule has 3 fully saturated rings. The maximum Gasteiger partial charge on any atom is 0.325 e. The van der Waals surface area contributed by atoms with Crippen molar-refractivity contribution in [3.63, 3.8) is 0 Å². The number of likely N-dealkylation sites (tertiary alicyclic amines) is 1. The van der Waals surface area contributed by atoms with Crippen LogP contribution in [-0.4, -0.2) is 70.5 Å². The van der Waals surface area contributed by atoms with Gasteiger partial charge in [0.1, 0.15) is 11.4 Å². The van der Waals surface area contributed by atoms with Crippen LogP contribution in [0, 0.1) is 11.7 Å². The highest BCUT2D eigenvalue weighted by Crippen LogP contribution is 2.37. The molecule has 2 atom stereocenters. The molecular weight excluding hydrogens is 467 g/mol. The van der Waals surface area contributed by atoms with E-state index >= 15 is 0 Å². The van der Waals surface area contributed by atoms with Crippen molar-refractivity contribution < 1.29 is 23.5 Å². The lowest BCUT2D eigenvalue weighted by Crippen LogP contribution is -2.58. The van der Waals surface area contributed by atoms with Crippen LogP contribution in [-0.2, 0) is 16.0 Å². The molecule has 36 heavy (non-hydrogen) atoms. The van der Waals surface area contributed by atoms with E-state index in [0.717, 1.165) is 18.4 Å². The lowest BCUT2D eigenvalue weighted by Gasteiger charge is -2.41. The number of hydrogen-bond acceptors (Lipinski definition) is 5. The number of H-pyrrole nitrogens is 1. The second-order valence-electron chi connectivity index (χ2n) is 9.76. The van der Waals surface area contributed by atoms with Crippen LogP contribution in [0.4, 0.5) is 9.18 Å². The topological polar surface area (TPSA) is 112 Å². The molecule has 9 nitrogen and oxygen atoms in total. The van der Waals surface area contributed by atoms with E-state index in [4.69, 9.17) is 4.74 Å². The summed E-state index contributed by atoms with van der Waals surface area (Å²) in [6.07, 6.45) is 4.18. The smallest absolute Gasteiger partial charge is 0.325 e. The third kappa shape index (κ3) is 4.65. The highest BCUT2D eigenvalue weighted by atomic mass is 19.1. The minimum Gasteiger partial charge on any atom is -0.376 e. The van der Waals surface area contributed by atoms with Crippen molar-refractivity contribution >= 4 is 17.8 Å². The predicted octanol–water partition coefficient (Wildman–Crippen LogP) is 2.08. The first-order valence-corrected chi connectivity index (χ1v) is 12.3. The average Bonchev–Trinajstić information content (AvgIpc) is 3.49. The van der Waals surface area contributed by atoms with E-state index in [2.05, 4.69) is 10.3 Å². The molecule has 10 heteroatoms. The number of piperidine rings is 1. The van der Waals surface area contributed by atoms with Crippen molar-refractivity contribution in [1.82, 2.24) is 20.1 Å². The number of urea groups is 1. The highest BCUT2D eigenvalue weighted by molar-refractivity contribution is 6.07. The zero-order valence-electron chi connectivity index (χ0n) is 19.9. The standard InChI is InChI=1S/C26H29FN4O5/c27-20-6-3-17(4-7-20)14-26(24(34)31(25(35)29-26)16-21-2-1-13-36-21)19-9-11-30(12-10-19)23(33)18-5-8-22(32)28-15-18/h3-8,15,19,21H,1-2,9-14,16H2,(H,28,32)(H,29,35)/t21-,26-/m0/s1. The summed E-state index contributed by atoms with van der Waals surface area (Å²) in [7, 11) is 0. The maximum absolute atomic E-state index is 13.9. The Labute approximate surface area is 207 Å². The number of imide groups is 1. The van der Waals surface area contributed by atoms with Crippen LogP contribution in [0.1, 0.15) is 41.6 Å². The lowest BCUT2D eigenvalue weighted by molar-refractivity contribution is -0.135. The van der Waals surface area contributed by atoms with Crippen molar-refractivity contribution in [2.45, 2.75) is 43.7 Å². The summed E-state index contributed by atoms with van der Waals surface area (Å²) in [6.45, 7) is 1.64. The van der Waals surface area contributed by atoms with Crippen molar-refractivity contribution in [3.05, 3.63) is 69.9 Å². The van der Waals surface area contributed by atoms with Crippen molar-refractivity contribution in [3.8, 4) is 0 Å². The third-order valence-electron chi connectivity index (χ3n) is 7.52. The quantitative estimate of drug-likeness (QED) is 0.595. The van der Waals surface area contributed by atoms with Crippen LogP contribution >= 0.6 is 0 Å². The fourth-order valence-electron chi connectivity index (χ4n) is 5.57. The summed E-state index contributed by atoms with van der Waals surface area (Å²) in [5.74, 6) is -1.08. The second kappa shape index (κ2) is 9.85. The minimum atomic E-state index is -1.18. The molecule has 0 bridgehead atoms. The molecule has 0 radical (unpaired) electrons. The largest absolute Gasteiger partial charge is 0.376 e. The highest BCUT2D eigenvalue weighted by Gasteiger charge is 2.56. The fraction of sp³-hybridized carbons (Fsp3) is 0.462. The average molecular weight is 497 g/mol. The Kier molecular flexibility index (Phi) is 6.61. The number of carbonyl (C=O) groups excluding carboxylic acids is 3. The SMILES string of the molecule is O=C(c1ccc(=O)[nH]c1)N1CCC([C@]2(Cc3ccc(F)cc3)NC(=O)N(C[C@@H]3CCCO3)C2=O)CC1. The number of pyridine rings is 1. The molecule has 3 aliphatic rings. The number of rotatable bonds is 6. The molecule has 190 valence electrons. The van der Waals surface area contributed by atoms with Crippen molar-refractivity contribution in [2.24, 2.45) is 5.92 Å². The molecule has 5 rings (SSSR count). The molecular formula is C26H29FN4O5. The third-order valence-corrected chi connectivity index (χ3v) is 7.52. The van der Waals surface area contributed by atoms with Crippen LogP contribution in [0.3, 0.4) is 0 Å². The number of carbonyl (C=O) groups is 3.